The Morgan fingerprint density at radius 2 is 2.47 bits per heavy atom. The van der Waals surface area contributed by atoms with Gasteiger partial charge in [-0.15, -0.1) is 0 Å². The smallest absolute Gasteiger partial charge is 0.227 e. The SMILES string of the molecule is CC1=CCN=C(CN2C=CCCC2=O)O1. The monoisotopic (exact) mass is 206 g/mol. The minimum atomic E-state index is 0.135. The standard InChI is InChI=1S/C11H14N2O2/c1-9-5-6-12-10(15-9)8-13-7-3-2-4-11(13)14/h3,5,7H,2,4,6,8H2,1H3. The van der Waals surface area contributed by atoms with Gasteiger partial charge in [0.25, 0.3) is 0 Å². The summed E-state index contributed by atoms with van der Waals surface area (Å²) in [6, 6.07) is 0. The maximum Gasteiger partial charge on any atom is 0.227 e. The van der Waals surface area contributed by atoms with Gasteiger partial charge < -0.3 is 9.64 Å². The Labute approximate surface area is 88.9 Å². The van der Waals surface area contributed by atoms with Crippen LogP contribution in [0.5, 0.6) is 0 Å². The van der Waals surface area contributed by atoms with Crippen molar-refractivity contribution >= 4 is 11.8 Å². The number of rotatable bonds is 2. The topological polar surface area (TPSA) is 41.9 Å². The highest BCUT2D eigenvalue weighted by Gasteiger charge is 2.17. The van der Waals surface area contributed by atoms with Crippen LogP contribution in [-0.4, -0.2) is 29.8 Å². The first-order valence-corrected chi connectivity index (χ1v) is 5.10. The average molecular weight is 206 g/mol. The molecule has 2 heterocycles. The first-order valence-electron chi connectivity index (χ1n) is 5.10. The predicted molar refractivity (Wildman–Crippen MR) is 57.2 cm³/mol. The Morgan fingerprint density at radius 1 is 1.60 bits per heavy atom. The van der Waals surface area contributed by atoms with E-state index in [1.54, 1.807) is 4.90 Å². The maximum atomic E-state index is 11.5. The van der Waals surface area contributed by atoms with Gasteiger partial charge in [0.1, 0.15) is 12.3 Å². The van der Waals surface area contributed by atoms with Crippen LogP contribution in [0.25, 0.3) is 0 Å². The van der Waals surface area contributed by atoms with Crippen LogP contribution in [0.2, 0.25) is 0 Å². The van der Waals surface area contributed by atoms with Crippen LogP contribution in [0.15, 0.2) is 29.1 Å². The first kappa shape index (κ1) is 9.96. The molecule has 80 valence electrons. The molecular weight excluding hydrogens is 192 g/mol. The molecule has 0 fully saturated rings. The summed E-state index contributed by atoms with van der Waals surface area (Å²) in [6.07, 6.45) is 7.14. The molecule has 1 amide bonds. The van der Waals surface area contributed by atoms with E-state index < -0.39 is 0 Å². The predicted octanol–water partition coefficient (Wildman–Crippen LogP) is 1.45. The van der Waals surface area contributed by atoms with Crippen LogP contribution in [0.4, 0.5) is 0 Å². The molecule has 0 bridgehead atoms. The number of hydrogen-bond donors (Lipinski definition) is 0. The van der Waals surface area contributed by atoms with Crippen molar-refractivity contribution in [2.75, 3.05) is 13.1 Å². The van der Waals surface area contributed by atoms with Gasteiger partial charge in [-0.1, -0.05) is 6.08 Å². The van der Waals surface area contributed by atoms with Crippen molar-refractivity contribution in [2.45, 2.75) is 19.8 Å². The number of nitrogens with zero attached hydrogens (tertiary/aromatic N) is 2. The van der Waals surface area contributed by atoms with E-state index in [1.807, 2.05) is 25.3 Å². The third kappa shape index (κ3) is 2.46. The molecule has 0 radical (unpaired) electrons. The minimum absolute atomic E-state index is 0.135. The van der Waals surface area contributed by atoms with E-state index in [9.17, 15) is 4.79 Å². The zero-order chi connectivity index (χ0) is 10.7. The fourth-order valence-electron chi connectivity index (χ4n) is 1.54. The van der Waals surface area contributed by atoms with Gasteiger partial charge >= 0.3 is 0 Å². The second-order valence-electron chi connectivity index (χ2n) is 3.60. The summed E-state index contributed by atoms with van der Waals surface area (Å²) in [4.78, 5) is 17.4. The van der Waals surface area contributed by atoms with Crippen molar-refractivity contribution in [3.63, 3.8) is 0 Å². The van der Waals surface area contributed by atoms with Gasteiger partial charge in [0.05, 0.1) is 6.54 Å². The Bertz CT molecular complexity index is 356. The summed E-state index contributed by atoms with van der Waals surface area (Å²) in [5.41, 5.74) is 0. The molecule has 2 rings (SSSR count). The normalized spacial score (nSPS) is 20.9. The van der Waals surface area contributed by atoms with Crippen molar-refractivity contribution in [1.29, 1.82) is 0 Å². The van der Waals surface area contributed by atoms with Gasteiger partial charge in [-0.25, -0.2) is 4.99 Å². The largest absolute Gasteiger partial charge is 0.446 e. The number of aliphatic imine (C=N–C) groups is 1. The highest BCUT2D eigenvalue weighted by atomic mass is 16.5. The number of carbonyl (C=O) groups is 1. The van der Waals surface area contributed by atoms with E-state index >= 15 is 0 Å². The number of amides is 1. The van der Waals surface area contributed by atoms with E-state index in [4.69, 9.17) is 4.74 Å². The van der Waals surface area contributed by atoms with Crippen LogP contribution in [-0.2, 0) is 9.53 Å². The van der Waals surface area contributed by atoms with Crippen molar-refractivity contribution < 1.29 is 9.53 Å². The van der Waals surface area contributed by atoms with Gasteiger partial charge in [-0.05, 0) is 19.4 Å². The van der Waals surface area contributed by atoms with E-state index in [2.05, 4.69) is 4.99 Å². The number of carbonyl (C=O) groups excluding carboxylic acids is 1. The number of allylic oxidation sites excluding steroid dienone is 2. The lowest BCUT2D eigenvalue weighted by atomic mass is 10.2. The molecule has 0 aliphatic carbocycles. The third-order valence-corrected chi connectivity index (χ3v) is 2.36. The van der Waals surface area contributed by atoms with Crippen molar-refractivity contribution in [3.8, 4) is 0 Å². The first-order chi connectivity index (χ1) is 7.25. The third-order valence-electron chi connectivity index (χ3n) is 2.36. The lowest BCUT2D eigenvalue weighted by Crippen LogP contribution is -2.34. The van der Waals surface area contributed by atoms with Crippen LogP contribution < -0.4 is 0 Å². The van der Waals surface area contributed by atoms with E-state index in [1.165, 1.54) is 0 Å². The van der Waals surface area contributed by atoms with Crippen LogP contribution in [0.3, 0.4) is 0 Å². The van der Waals surface area contributed by atoms with Crippen LogP contribution in [0, 0.1) is 0 Å². The Hall–Kier alpha value is -1.58. The van der Waals surface area contributed by atoms with Gasteiger partial charge in [-0.2, -0.15) is 0 Å². The molecule has 2 aliphatic heterocycles. The molecule has 0 aromatic rings. The summed E-state index contributed by atoms with van der Waals surface area (Å²) in [7, 11) is 0. The summed E-state index contributed by atoms with van der Waals surface area (Å²) < 4.78 is 5.42. The Kier molecular flexibility index (Phi) is 2.85. The van der Waals surface area contributed by atoms with Crippen molar-refractivity contribution in [2.24, 2.45) is 4.99 Å². The Morgan fingerprint density at radius 3 is 3.20 bits per heavy atom. The molecule has 0 saturated carbocycles. The van der Waals surface area contributed by atoms with Gasteiger partial charge in [0.2, 0.25) is 11.8 Å². The van der Waals surface area contributed by atoms with Gasteiger partial charge in [0.15, 0.2) is 0 Å². The van der Waals surface area contributed by atoms with Crippen LogP contribution in [0.1, 0.15) is 19.8 Å². The zero-order valence-electron chi connectivity index (χ0n) is 8.77. The number of ether oxygens (including phenoxy) is 1. The quantitative estimate of drug-likeness (QED) is 0.686. The molecule has 15 heavy (non-hydrogen) atoms. The molecule has 2 aliphatic rings. The molecule has 0 N–H and O–H groups in total. The molecule has 0 spiro atoms. The summed E-state index contributed by atoms with van der Waals surface area (Å²) >= 11 is 0. The molecular formula is C11H14N2O2. The highest BCUT2D eigenvalue weighted by molar-refractivity contribution is 5.86. The molecule has 0 saturated heterocycles. The Balaban J connectivity index is 1.97. The second-order valence-corrected chi connectivity index (χ2v) is 3.60. The van der Waals surface area contributed by atoms with Gasteiger partial charge in [0, 0.05) is 12.6 Å². The van der Waals surface area contributed by atoms with E-state index in [0.29, 0.717) is 25.4 Å². The molecule has 4 nitrogen and oxygen atoms in total. The van der Waals surface area contributed by atoms with E-state index in [-0.39, 0.29) is 5.91 Å². The summed E-state index contributed by atoms with van der Waals surface area (Å²) in [6.45, 7) is 2.98. The second kappa shape index (κ2) is 4.29. The number of hydrogen-bond acceptors (Lipinski definition) is 3. The van der Waals surface area contributed by atoms with Crippen LogP contribution >= 0.6 is 0 Å². The maximum absolute atomic E-state index is 11.5. The van der Waals surface area contributed by atoms with E-state index in [0.717, 1.165) is 12.2 Å². The minimum Gasteiger partial charge on any atom is -0.446 e. The molecule has 0 aromatic heterocycles. The average Bonchev–Trinajstić information content (AvgIpc) is 2.22. The van der Waals surface area contributed by atoms with Crippen molar-refractivity contribution in [3.05, 3.63) is 24.1 Å². The van der Waals surface area contributed by atoms with Crippen molar-refractivity contribution in [1.82, 2.24) is 4.90 Å². The summed E-state index contributed by atoms with van der Waals surface area (Å²) in [5, 5.41) is 0. The molecule has 4 heteroatoms. The highest BCUT2D eigenvalue weighted by Crippen LogP contribution is 2.10. The fourth-order valence-corrected chi connectivity index (χ4v) is 1.54. The zero-order valence-corrected chi connectivity index (χ0v) is 8.77. The molecule has 0 unspecified atom stereocenters. The lowest BCUT2D eigenvalue weighted by molar-refractivity contribution is -0.128. The van der Waals surface area contributed by atoms with Gasteiger partial charge in [-0.3, -0.25) is 4.79 Å². The fraction of sp³-hybridized carbons (Fsp3) is 0.455. The molecule has 0 aromatic carbocycles. The lowest BCUT2D eigenvalue weighted by Gasteiger charge is -2.23. The summed E-state index contributed by atoms with van der Waals surface area (Å²) in [5.74, 6) is 1.61. The molecule has 0 atom stereocenters.